The molecule has 1 saturated heterocycles. The first-order valence-electron chi connectivity index (χ1n) is 9.73. The van der Waals surface area contributed by atoms with Crippen LogP contribution in [0.25, 0.3) is 5.76 Å². The van der Waals surface area contributed by atoms with Crippen molar-refractivity contribution in [2.24, 2.45) is 0 Å². The van der Waals surface area contributed by atoms with Gasteiger partial charge in [0.25, 0.3) is 11.7 Å². The van der Waals surface area contributed by atoms with Gasteiger partial charge in [0.05, 0.1) is 38.6 Å². The molecule has 0 saturated carbocycles. The number of Topliss-reactive ketones (excluding diaryl/α,β-unsaturated/α-hetero) is 1. The molecule has 4 rings (SSSR count). The Hall–Kier alpha value is -3.52. The molecule has 0 aliphatic carbocycles. The average Bonchev–Trinajstić information content (AvgIpc) is 3.41. The number of methoxy groups -OCH3 is 2. The lowest BCUT2D eigenvalue weighted by Crippen LogP contribution is -2.29. The van der Waals surface area contributed by atoms with E-state index >= 15 is 0 Å². The molecule has 3 aromatic rings. The van der Waals surface area contributed by atoms with Gasteiger partial charge in [0.1, 0.15) is 11.5 Å². The number of carbonyl (C=O) groups is 2. The highest BCUT2D eigenvalue weighted by Crippen LogP contribution is 2.42. The first-order chi connectivity index (χ1) is 15.4. The van der Waals surface area contributed by atoms with Crippen molar-refractivity contribution < 1.29 is 28.6 Å². The maximum Gasteiger partial charge on any atom is 0.296 e. The first-order valence-corrected chi connectivity index (χ1v) is 10.5. The minimum Gasteiger partial charge on any atom is -0.507 e. The van der Waals surface area contributed by atoms with Gasteiger partial charge in [-0.3, -0.25) is 9.59 Å². The summed E-state index contributed by atoms with van der Waals surface area (Å²) in [6.07, 6.45) is 1.50. The Morgan fingerprint density at radius 2 is 1.78 bits per heavy atom. The van der Waals surface area contributed by atoms with E-state index in [0.717, 1.165) is 4.47 Å². The van der Waals surface area contributed by atoms with E-state index in [1.54, 1.807) is 54.6 Å². The maximum absolute atomic E-state index is 13.1. The van der Waals surface area contributed by atoms with Crippen molar-refractivity contribution in [3.05, 3.63) is 87.8 Å². The second-order valence-corrected chi connectivity index (χ2v) is 8.04. The highest BCUT2D eigenvalue weighted by Gasteiger charge is 2.46. The number of benzene rings is 2. The smallest absolute Gasteiger partial charge is 0.296 e. The molecule has 7 nitrogen and oxygen atoms in total. The minimum atomic E-state index is -0.844. The van der Waals surface area contributed by atoms with Crippen LogP contribution in [0.15, 0.2) is 75.3 Å². The Morgan fingerprint density at radius 1 is 1.06 bits per heavy atom. The summed E-state index contributed by atoms with van der Waals surface area (Å²) in [7, 11) is 3.03. The number of likely N-dealkylation sites (tertiary alicyclic amines) is 1. The predicted octanol–water partition coefficient (Wildman–Crippen LogP) is 4.68. The van der Waals surface area contributed by atoms with E-state index in [4.69, 9.17) is 13.9 Å². The lowest BCUT2D eigenvalue weighted by Gasteiger charge is -2.25. The number of furan rings is 1. The predicted molar refractivity (Wildman–Crippen MR) is 120 cm³/mol. The minimum absolute atomic E-state index is 0.00361. The SMILES string of the molecule is COc1ccc(C2/C(=C(\O)c3ccc(Br)cc3)C(=O)C(=O)N2Cc2ccco2)cc1OC. The molecule has 1 aliphatic heterocycles. The van der Waals surface area contributed by atoms with Crippen molar-refractivity contribution in [1.82, 2.24) is 4.90 Å². The van der Waals surface area contributed by atoms with Crippen LogP contribution >= 0.6 is 15.9 Å². The third kappa shape index (κ3) is 3.89. The van der Waals surface area contributed by atoms with E-state index in [-0.39, 0.29) is 17.9 Å². The molecule has 164 valence electrons. The number of nitrogens with zero attached hydrogens (tertiary/aromatic N) is 1. The summed E-state index contributed by atoms with van der Waals surface area (Å²) in [6.45, 7) is 0.0632. The third-order valence-corrected chi connectivity index (χ3v) is 5.82. The van der Waals surface area contributed by atoms with E-state index in [1.165, 1.54) is 25.4 Å². The number of ether oxygens (including phenoxy) is 2. The zero-order chi connectivity index (χ0) is 22.8. The Balaban J connectivity index is 1.89. The fourth-order valence-electron chi connectivity index (χ4n) is 3.75. The van der Waals surface area contributed by atoms with Gasteiger partial charge in [0, 0.05) is 10.0 Å². The van der Waals surface area contributed by atoms with Gasteiger partial charge in [0.2, 0.25) is 0 Å². The van der Waals surface area contributed by atoms with Gasteiger partial charge in [-0.25, -0.2) is 0 Å². The molecule has 1 atom stereocenters. The number of ketones is 1. The first kappa shape index (κ1) is 21.7. The van der Waals surface area contributed by atoms with E-state index in [1.807, 2.05) is 0 Å². The Bertz CT molecular complexity index is 1180. The van der Waals surface area contributed by atoms with Crippen LogP contribution in [0, 0.1) is 0 Å². The van der Waals surface area contributed by atoms with Crippen LogP contribution in [0.5, 0.6) is 11.5 Å². The summed E-state index contributed by atoms with van der Waals surface area (Å²) in [5.74, 6) is -0.278. The van der Waals surface area contributed by atoms with Crippen molar-refractivity contribution in [1.29, 1.82) is 0 Å². The highest BCUT2D eigenvalue weighted by atomic mass is 79.9. The Labute approximate surface area is 193 Å². The average molecular weight is 498 g/mol. The number of aliphatic hydroxyl groups is 1. The van der Waals surface area contributed by atoms with Gasteiger partial charge in [-0.15, -0.1) is 0 Å². The molecule has 1 unspecified atom stereocenters. The normalized spacial score (nSPS) is 17.6. The number of aliphatic hydroxyl groups excluding tert-OH is 1. The lowest BCUT2D eigenvalue weighted by molar-refractivity contribution is -0.140. The number of amides is 1. The van der Waals surface area contributed by atoms with Crippen LogP contribution in [-0.2, 0) is 16.1 Å². The molecule has 0 bridgehead atoms. The molecule has 1 aromatic heterocycles. The number of halogens is 1. The molecule has 1 amide bonds. The van der Waals surface area contributed by atoms with E-state index in [2.05, 4.69) is 15.9 Å². The summed E-state index contributed by atoms with van der Waals surface area (Å²) in [5, 5.41) is 11.1. The van der Waals surface area contributed by atoms with E-state index in [9.17, 15) is 14.7 Å². The summed E-state index contributed by atoms with van der Waals surface area (Å²) < 4.78 is 16.9. The molecule has 1 aliphatic rings. The Morgan fingerprint density at radius 3 is 2.41 bits per heavy atom. The third-order valence-electron chi connectivity index (χ3n) is 5.29. The fourth-order valence-corrected chi connectivity index (χ4v) is 4.01. The van der Waals surface area contributed by atoms with E-state index in [0.29, 0.717) is 28.4 Å². The van der Waals surface area contributed by atoms with Crippen molar-refractivity contribution in [2.75, 3.05) is 14.2 Å². The molecule has 0 spiro atoms. The summed E-state index contributed by atoms with van der Waals surface area (Å²) in [6, 6.07) is 14.6. The molecule has 1 fully saturated rings. The van der Waals surface area contributed by atoms with Crippen LogP contribution in [0.1, 0.15) is 22.9 Å². The number of carbonyl (C=O) groups excluding carboxylic acids is 2. The van der Waals surface area contributed by atoms with Crippen molar-refractivity contribution in [2.45, 2.75) is 12.6 Å². The van der Waals surface area contributed by atoms with Gasteiger partial charge in [-0.05, 0) is 42.0 Å². The van der Waals surface area contributed by atoms with Crippen molar-refractivity contribution >= 4 is 33.4 Å². The Kier molecular flexibility index (Phi) is 6.05. The molecule has 0 radical (unpaired) electrons. The number of hydrogen-bond acceptors (Lipinski definition) is 6. The summed E-state index contributed by atoms with van der Waals surface area (Å²) in [5.41, 5.74) is 1.01. The van der Waals surface area contributed by atoms with Crippen molar-refractivity contribution in [3.63, 3.8) is 0 Å². The number of hydrogen-bond donors (Lipinski definition) is 1. The van der Waals surface area contributed by atoms with Crippen LogP contribution in [0.4, 0.5) is 0 Å². The van der Waals surface area contributed by atoms with Gasteiger partial charge in [-0.1, -0.05) is 34.1 Å². The van der Waals surface area contributed by atoms with Gasteiger partial charge >= 0.3 is 0 Å². The molecule has 32 heavy (non-hydrogen) atoms. The molecule has 8 heteroatoms. The van der Waals surface area contributed by atoms with Crippen LogP contribution in [-0.4, -0.2) is 35.9 Å². The molecular weight excluding hydrogens is 478 g/mol. The highest BCUT2D eigenvalue weighted by molar-refractivity contribution is 9.10. The monoisotopic (exact) mass is 497 g/mol. The second kappa shape index (κ2) is 8.92. The van der Waals surface area contributed by atoms with Gasteiger partial charge in [-0.2, -0.15) is 0 Å². The van der Waals surface area contributed by atoms with E-state index < -0.39 is 17.7 Å². The quantitative estimate of drug-likeness (QED) is 0.302. The van der Waals surface area contributed by atoms with Gasteiger partial charge < -0.3 is 23.9 Å². The lowest BCUT2D eigenvalue weighted by atomic mass is 9.95. The van der Waals surface area contributed by atoms with Crippen LogP contribution < -0.4 is 9.47 Å². The summed E-state index contributed by atoms with van der Waals surface area (Å²) >= 11 is 3.36. The molecular formula is C24H20BrNO6. The molecule has 2 aromatic carbocycles. The zero-order valence-corrected chi connectivity index (χ0v) is 19.0. The second-order valence-electron chi connectivity index (χ2n) is 7.13. The largest absolute Gasteiger partial charge is 0.507 e. The van der Waals surface area contributed by atoms with Gasteiger partial charge in [0.15, 0.2) is 11.5 Å². The van der Waals surface area contributed by atoms with Crippen LogP contribution in [0.2, 0.25) is 0 Å². The molecule has 1 N–H and O–H groups in total. The van der Waals surface area contributed by atoms with Crippen molar-refractivity contribution in [3.8, 4) is 11.5 Å². The fraction of sp³-hybridized carbons (Fsp3) is 0.167. The standard InChI is InChI=1S/C24H20BrNO6/c1-30-18-10-7-15(12-19(18)31-2)21-20(22(27)14-5-8-16(25)9-6-14)23(28)24(29)26(21)13-17-4-3-11-32-17/h3-12,21,27H,13H2,1-2H3/b22-20+. The zero-order valence-electron chi connectivity index (χ0n) is 17.4. The maximum atomic E-state index is 13.1. The van der Waals surface area contributed by atoms with Crippen LogP contribution in [0.3, 0.4) is 0 Å². The molecule has 2 heterocycles. The number of rotatable bonds is 6. The summed E-state index contributed by atoms with van der Waals surface area (Å²) in [4.78, 5) is 27.5. The topological polar surface area (TPSA) is 89.2 Å².